The number of hydrogen-bond acceptors (Lipinski definition) is 9. The van der Waals surface area contributed by atoms with E-state index < -0.39 is 56.1 Å². The molecule has 0 aromatic rings. The Morgan fingerprint density at radius 2 is 1.40 bits per heavy atom. The topological polar surface area (TPSA) is 137 Å². The van der Waals surface area contributed by atoms with E-state index in [1.165, 1.54) is 12.2 Å². The molecule has 0 amide bonds. The third-order valence-corrected chi connectivity index (χ3v) is 3.05. The van der Waals surface area contributed by atoms with Crippen LogP contribution >= 0.6 is 0 Å². The van der Waals surface area contributed by atoms with E-state index in [0.717, 1.165) is 13.1 Å². The minimum absolute atomic E-state index is 0.446. The third-order valence-electron chi connectivity index (χ3n) is 3.05. The minimum Gasteiger partial charge on any atom is -0.459 e. The highest BCUT2D eigenvalue weighted by Gasteiger charge is 2.22. The summed E-state index contributed by atoms with van der Waals surface area (Å²) in [7, 11) is 0. The fraction of sp³-hybridized carbons (Fsp3) is 0.625. The van der Waals surface area contributed by atoms with Crippen LogP contribution in [0.5, 0.6) is 0 Å². The number of aliphatic hydroxyl groups is 4. The number of ether oxygens (including phenoxy) is 2. The van der Waals surface area contributed by atoms with Gasteiger partial charge in [0.15, 0.2) is 0 Å². The Morgan fingerprint density at radius 3 is 1.76 bits per heavy atom. The molecule has 0 saturated heterocycles. The normalized spacial score (nSPS) is 13.2. The molecule has 0 bridgehead atoms. The zero-order valence-corrected chi connectivity index (χ0v) is 14.5. The Labute approximate surface area is 146 Å². The van der Waals surface area contributed by atoms with E-state index in [4.69, 9.17) is 19.7 Å². The van der Waals surface area contributed by atoms with Gasteiger partial charge < -0.3 is 34.8 Å². The van der Waals surface area contributed by atoms with Crippen LogP contribution in [0.25, 0.3) is 0 Å². The Hall–Kier alpha value is -1.94. The number of allylic oxidation sites excluding steroid dienone is 2. The van der Waals surface area contributed by atoms with Crippen molar-refractivity contribution < 1.29 is 39.5 Å². The molecule has 0 aliphatic heterocycles. The van der Waals surface area contributed by atoms with Crippen LogP contribution in [0.2, 0.25) is 0 Å². The molecule has 0 fully saturated rings. The Balaban J connectivity index is 5.08. The van der Waals surface area contributed by atoms with Crippen LogP contribution in [0.4, 0.5) is 0 Å². The summed E-state index contributed by atoms with van der Waals surface area (Å²) in [5.74, 6) is -2.08. The highest BCUT2D eigenvalue weighted by atomic mass is 16.6. The van der Waals surface area contributed by atoms with E-state index in [2.05, 4.69) is 0 Å². The van der Waals surface area contributed by atoms with E-state index in [9.17, 15) is 19.8 Å². The lowest BCUT2D eigenvalue weighted by molar-refractivity contribution is -0.151. The molecular weight excluding hydrogens is 334 g/mol. The first kappa shape index (κ1) is 23.1. The van der Waals surface area contributed by atoms with Crippen LogP contribution in [-0.2, 0) is 19.1 Å². The van der Waals surface area contributed by atoms with Crippen molar-refractivity contribution >= 4 is 11.9 Å². The largest absolute Gasteiger partial charge is 0.459 e. The van der Waals surface area contributed by atoms with Crippen molar-refractivity contribution in [2.45, 2.75) is 26.1 Å². The second kappa shape index (κ2) is 13.4. The zero-order chi connectivity index (χ0) is 19.2. The van der Waals surface area contributed by atoms with Gasteiger partial charge in [-0.1, -0.05) is 0 Å². The lowest BCUT2D eigenvalue weighted by Gasteiger charge is -2.14. The number of hydrogen-bond donors (Lipinski definition) is 4. The molecule has 0 aliphatic rings. The van der Waals surface area contributed by atoms with Gasteiger partial charge in [-0.15, -0.1) is 0 Å². The number of carbonyl (C=O) groups excluding carboxylic acids is 2. The predicted octanol–water partition coefficient (Wildman–Crippen LogP) is -1.44. The van der Waals surface area contributed by atoms with Crippen LogP contribution in [0, 0.1) is 0 Å². The van der Waals surface area contributed by atoms with Gasteiger partial charge in [0.1, 0.15) is 31.0 Å². The van der Waals surface area contributed by atoms with Gasteiger partial charge in [-0.05, 0) is 32.2 Å². The molecule has 0 heterocycles. The van der Waals surface area contributed by atoms with Gasteiger partial charge in [-0.2, -0.15) is 0 Å². The van der Waals surface area contributed by atoms with Crippen molar-refractivity contribution in [2.24, 2.45) is 0 Å². The van der Waals surface area contributed by atoms with E-state index in [1.54, 1.807) is 6.20 Å². The predicted molar refractivity (Wildman–Crippen MR) is 88.2 cm³/mol. The van der Waals surface area contributed by atoms with Crippen molar-refractivity contribution in [2.75, 3.05) is 39.5 Å². The maximum absolute atomic E-state index is 12.0. The van der Waals surface area contributed by atoms with Gasteiger partial charge in [0.25, 0.3) is 0 Å². The molecule has 0 aromatic carbocycles. The maximum Gasteiger partial charge on any atom is 0.345 e. The van der Waals surface area contributed by atoms with Crippen molar-refractivity contribution in [3.05, 3.63) is 23.9 Å². The van der Waals surface area contributed by atoms with Gasteiger partial charge in [-0.25, -0.2) is 9.59 Å². The van der Waals surface area contributed by atoms with Crippen molar-refractivity contribution in [3.63, 3.8) is 0 Å². The molecule has 0 spiro atoms. The van der Waals surface area contributed by atoms with Gasteiger partial charge in [-0.3, -0.25) is 0 Å². The molecular formula is C16H27NO8. The molecule has 9 heteroatoms. The number of aliphatic hydroxyl groups excluding tert-OH is 4. The van der Waals surface area contributed by atoms with Gasteiger partial charge in [0, 0.05) is 13.1 Å². The summed E-state index contributed by atoms with van der Waals surface area (Å²) >= 11 is 0. The van der Waals surface area contributed by atoms with Gasteiger partial charge in [0.05, 0.1) is 13.2 Å². The lowest BCUT2D eigenvalue weighted by atomic mass is 10.2. The molecule has 0 radical (unpaired) electrons. The highest BCUT2D eigenvalue weighted by molar-refractivity contribution is 6.14. The highest BCUT2D eigenvalue weighted by Crippen LogP contribution is 2.05. The molecule has 2 atom stereocenters. The second-order valence-corrected chi connectivity index (χ2v) is 5.01. The fourth-order valence-electron chi connectivity index (χ4n) is 1.52. The summed E-state index contributed by atoms with van der Waals surface area (Å²) in [6.45, 7) is 3.18. The SMILES string of the molecule is CCN(/C=C/C=C(C(=O)OCC(O)CO)C(=O)OCC(O)CO)CC. The molecule has 0 aromatic heterocycles. The molecule has 2 unspecified atom stereocenters. The molecule has 25 heavy (non-hydrogen) atoms. The fourth-order valence-corrected chi connectivity index (χ4v) is 1.52. The molecule has 0 saturated carbocycles. The van der Waals surface area contributed by atoms with Crippen molar-refractivity contribution in [3.8, 4) is 0 Å². The van der Waals surface area contributed by atoms with Crippen LogP contribution in [-0.4, -0.2) is 89.0 Å². The molecule has 0 rings (SSSR count). The van der Waals surface area contributed by atoms with E-state index in [0.29, 0.717) is 0 Å². The van der Waals surface area contributed by atoms with Crippen LogP contribution in [0.1, 0.15) is 13.8 Å². The standard InChI is InChI=1S/C16H27NO8/c1-3-17(4-2)7-5-6-14(15(22)24-10-12(20)8-18)16(23)25-11-13(21)9-19/h5-7,12-13,18-21H,3-4,8-11H2,1-2H3/b7-5+,14-6?. The average molecular weight is 361 g/mol. The smallest absolute Gasteiger partial charge is 0.345 e. The monoisotopic (exact) mass is 361 g/mol. The number of esters is 2. The van der Waals surface area contributed by atoms with Gasteiger partial charge in [0.2, 0.25) is 0 Å². The third kappa shape index (κ3) is 9.82. The Bertz CT molecular complexity index is 431. The lowest BCUT2D eigenvalue weighted by Crippen LogP contribution is -2.27. The average Bonchev–Trinajstić information content (AvgIpc) is 2.63. The summed E-state index contributed by atoms with van der Waals surface area (Å²) < 4.78 is 9.49. The van der Waals surface area contributed by atoms with Crippen LogP contribution in [0.15, 0.2) is 23.9 Å². The van der Waals surface area contributed by atoms with E-state index in [-0.39, 0.29) is 0 Å². The minimum atomic E-state index is -1.26. The first-order chi connectivity index (χ1) is 11.9. The number of carbonyl (C=O) groups is 2. The van der Waals surface area contributed by atoms with Gasteiger partial charge >= 0.3 is 11.9 Å². The van der Waals surface area contributed by atoms with Crippen LogP contribution in [0.3, 0.4) is 0 Å². The zero-order valence-electron chi connectivity index (χ0n) is 14.5. The van der Waals surface area contributed by atoms with E-state index >= 15 is 0 Å². The first-order valence-corrected chi connectivity index (χ1v) is 7.94. The quantitative estimate of drug-likeness (QED) is 0.108. The number of rotatable bonds is 12. The Morgan fingerprint density at radius 1 is 0.960 bits per heavy atom. The summed E-state index contributed by atoms with van der Waals surface area (Å²) in [5, 5.41) is 35.8. The van der Waals surface area contributed by atoms with Crippen molar-refractivity contribution in [1.82, 2.24) is 4.90 Å². The second-order valence-electron chi connectivity index (χ2n) is 5.01. The van der Waals surface area contributed by atoms with Crippen molar-refractivity contribution in [1.29, 1.82) is 0 Å². The molecule has 144 valence electrons. The molecule has 0 aliphatic carbocycles. The summed E-state index contributed by atoms with van der Waals surface area (Å²) in [4.78, 5) is 25.9. The molecule has 9 nitrogen and oxygen atoms in total. The summed E-state index contributed by atoms with van der Waals surface area (Å²) in [6.07, 6.45) is 1.81. The summed E-state index contributed by atoms with van der Waals surface area (Å²) in [6, 6.07) is 0. The Kier molecular flexibility index (Phi) is 12.3. The maximum atomic E-state index is 12.0. The first-order valence-electron chi connectivity index (χ1n) is 7.94. The van der Waals surface area contributed by atoms with E-state index in [1.807, 2.05) is 18.7 Å². The summed E-state index contributed by atoms with van der Waals surface area (Å²) in [5.41, 5.74) is -0.446. The van der Waals surface area contributed by atoms with Crippen LogP contribution < -0.4 is 0 Å². The number of nitrogens with zero attached hydrogens (tertiary/aromatic N) is 1. The molecule has 4 N–H and O–H groups in total.